The minimum absolute atomic E-state index is 0.221. The van der Waals surface area contributed by atoms with Crippen molar-refractivity contribution in [3.8, 4) is 5.88 Å². The van der Waals surface area contributed by atoms with Crippen LogP contribution in [0.5, 0.6) is 5.88 Å². The Hall–Kier alpha value is -2.41. The molecule has 1 amide bonds. The topological polar surface area (TPSA) is 77.7 Å². The third-order valence-corrected chi connectivity index (χ3v) is 3.93. The molecule has 0 unspecified atom stereocenters. The van der Waals surface area contributed by atoms with Crippen molar-refractivity contribution in [2.75, 3.05) is 32.3 Å². The summed E-state index contributed by atoms with van der Waals surface area (Å²) in [7, 11) is 3.22. The number of oxazole rings is 1. The van der Waals surface area contributed by atoms with Gasteiger partial charge in [-0.3, -0.25) is 4.79 Å². The third-order valence-electron chi connectivity index (χ3n) is 3.93. The van der Waals surface area contributed by atoms with Crippen LogP contribution in [0.3, 0.4) is 0 Å². The van der Waals surface area contributed by atoms with Gasteiger partial charge in [0, 0.05) is 32.2 Å². The number of ether oxygens (including phenoxy) is 2. The quantitative estimate of drug-likeness (QED) is 0.860. The van der Waals surface area contributed by atoms with E-state index in [1.165, 1.54) is 11.2 Å². The average Bonchev–Trinajstić information content (AvgIpc) is 3.11. The largest absolute Gasteiger partial charge is 0.481 e. The van der Waals surface area contributed by atoms with Crippen molar-refractivity contribution in [2.24, 2.45) is 0 Å². The SMILES string of the molecule is COc1ccc(N(C)C(=O)c2coc(C3CCOCC3)n2)cn1. The molecular formula is C16H19N3O4. The van der Waals surface area contributed by atoms with Gasteiger partial charge in [-0.2, -0.15) is 0 Å². The lowest BCUT2D eigenvalue weighted by molar-refractivity contribution is 0.0794. The highest BCUT2D eigenvalue weighted by Crippen LogP contribution is 2.26. The molecule has 7 heteroatoms. The summed E-state index contributed by atoms with van der Waals surface area (Å²) in [6.07, 6.45) is 4.73. The highest BCUT2D eigenvalue weighted by Gasteiger charge is 2.24. The second-order valence-electron chi connectivity index (χ2n) is 5.38. The van der Waals surface area contributed by atoms with Crippen molar-refractivity contribution in [2.45, 2.75) is 18.8 Å². The molecule has 0 saturated carbocycles. The number of aromatic nitrogens is 2. The van der Waals surface area contributed by atoms with Crippen molar-refractivity contribution >= 4 is 11.6 Å². The predicted molar refractivity (Wildman–Crippen MR) is 82.8 cm³/mol. The molecule has 23 heavy (non-hydrogen) atoms. The number of carbonyl (C=O) groups is 1. The van der Waals surface area contributed by atoms with E-state index in [-0.39, 0.29) is 11.8 Å². The van der Waals surface area contributed by atoms with E-state index in [0.29, 0.717) is 36.4 Å². The summed E-state index contributed by atoms with van der Waals surface area (Å²) < 4.78 is 15.8. The first-order valence-electron chi connectivity index (χ1n) is 7.50. The Balaban J connectivity index is 1.72. The zero-order valence-electron chi connectivity index (χ0n) is 13.2. The molecular weight excluding hydrogens is 298 g/mol. The lowest BCUT2D eigenvalue weighted by Gasteiger charge is -2.18. The van der Waals surface area contributed by atoms with Gasteiger partial charge in [0.2, 0.25) is 5.88 Å². The molecule has 0 aliphatic carbocycles. The molecule has 1 fully saturated rings. The van der Waals surface area contributed by atoms with Gasteiger partial charge in [-0.05, 0) is 18.9 Å². The van der Waals surface area contributed by atoms with Crippen molar-refractivity contribution in [3.05, 3.63) is 36.2 Å². The van der Waals surface area contributed by atoms with Gasteiger partial charge in [-0.15, -0.1) is 0 Å². The molecule has 2 aromatic heterocycles. The van der Waals surface area contributed by atoms with Crippen LogP contribution in [-0.2, 0) is 4.74 Å². The van der Waals surface area contributed by atoms with Crippen LogP contribution < -0.4 is 9.64 Å². The Morgan fingerprint density at radius 3 is 2.78 bits per heavy atom. The van der Waals surface area contributed by atoms with E-state index in [9.17, 15) is 4.79 Å². The summed E-state index contributed by atoms with van der Waals surface area (Å²) in [5.74, 6) is 1.09. The molecule has 3 rings (SSSR count). The summed E-state index contributed by atoms with van der Waals surface area (Å²) in [6, 6.07) is 3.47. The monoisotopic (exact) mass is 317 g/mol. The zero-order chi connectivity index (χ0) is 16.2. The van der Waals surface area contributed by atoms with E-state index < -0.39 is 0 Å². The third kappa shape index (κ3) is 3.34. The standard InChI is InChI=1S/C16H19N3O4/c1-19(12-3-4-14(21-2)17-9-12)16(20)13-10-23-15(18-13)11-5-7-22-8-6-11/h3-4,9-11H,5-8H2,1-2H3. The molecule has 7 nitrogen and oxygen atoms in total. The van der Waals surface area contributed by atoms with Crippen LogP contribution in [0.25, 0.3) is 0 Å². The van der Waals surface area contributed by atoms with Gasteiger partial charge < -0.3 is 18.8 Å². The Morgan fingerprint density at radius 2 is 2.13 bits per heavy atom. The second-order valence-corrected chi connectivity index (χ2v) is 5.38. The average molecular weight is 317 g/mol. The summed E-state index contributed by atoms with van der Waals surface area (Å²) in [6.45, 7) is 1.40. The molecule has 1 aliphatic rings. The molecule has 122 valence electrons. The van der Waals surface area contributed by atoms with Gasteiger partial charge in [0.25, 0.3) is 5.91 Å². The van der Waals surface area contributed by atoms with Gasteiger partial charge in [0.05, 0.1) is 19.0 Å². The van der Waals surface area contributed by atoms with Crippen LogP contribution in [0.1, 0.15) is 35.1 Å². The van der Waals surface area contributed by atoms with Crippen molar-refractivity contribution in [1.82, 2.24) is 9.97 Å². The molecule has 0 atom stereocenters. The molecule has 2 aromatic rings. The molecule has 1 aliphatic heterocycles. The first-order valence-corrected chi connectivity index (χ1v) is 7.50. The minimum Gasteiger partial charge on any atom is -0.481 e. The zero-order valence-corrected chi connectivity index (χ0v) is 13.2. The van der Waals surface area contributed by atoms with E-state index in [1.807, 2.05) is 0 Å². The summed E-state index contributed by atoms with van der Waals surface area (Å²) in [5, 5.41) is 0. The van der Waals surface area contributed by atoms with Gasteiger partial charge >= 0.3 is 0 Å². The predicted octanol–water partition coefficient (Wildman–Crippen LogP) is 2.25. The van der Waals surface area contributed by atoms with Gasteiger partial charge in [0.15, 0.2) is 11.6 Å². The molecule has 0 radical (unpaired) electrons. The van der Waals surface area contributed by atoms with E-state index in [1.54, 1.807) is 32.5 Å². The van der Waals surface area contributed by atoms with E-state index in [4.69, 9.17) is 13.9 Å². The molecule has 0 spiro atoms. The Labute approximate surface area is 134 Å². The van der Waals surface area contributed by atoms with Gasteiger partial charge in [-0.25, -0.2) is 9.97 Å². The first-order chi connectivity index (χ1) is 11.2. The highest BCUT2D eigenvalue weighted by atomic mass is 16.5. The maximum absolute atomic E-state index is 12.5. The number of rotatable bonds is 4. The number of hydrogen-bond donors (Lipinski definition) is 0. The lowest BCUT2D eigenvalue weighted by Crippen LogP contribution is -2.26. The molecule has 0 N–H and O–H groups in total. The molecule has 0 aromatic carbocycles. The number of carbonyl (C=O) groups excluding carboxylic acids is 1. The van der Waals surface area contributed by atoms with Crippen molar-refractivity contribution < 1.29 is 18.7 Å². The Kier molecular flexibility index (Phi) is 4.57. The number of hydrogen-bond acceptors (Lipinski definition) is 6. The van der Waals surface area contributed by atoms with Gasteiger partial charge in [0.1, 0.15) is 6.26 Å². The number of anilines is 1. The van der Waals surface area contributed by atoms with Gasteiger partial charge in [-0.1, -0.05) is 0 Å². The molecule has 3 heterocycles. The van der Waals surface area contributed by atoms with Crippen LogP contribution in [0.4, 0.5) is 5.69 Å². The van der Waals surface area contributed by atoms with Crippen LogP contribution in [-0.4, -0.2) is 43.2 Å². The summed E-state index contributed by atoms with van der Waals surface area (Å²) >= 11 is 0. The number of methoxy groups -OCH3 is 1. The van der Waals surface area contributed by atoms with Crippen molar-refractivity contribution in [3.63, 3.8) is 0 Å². The first kappa shape index (κ1) is 15.5. The Bertz CT molecular complexity index is 662. The smallest absolute Gasteiger partial charge is 0.280 e. The number of nitrogens with zero attached hydrogens (tertiary/aromatic N) is 3. The lowest BCUT2D eigenvalue weighted by atomic mass is 10.0. The summed E-state index contributed by atoms with van der Waals surface area (Å²) in [4.78, 5) is 22.5. The maximum Gasteiger partial charge on any atom is 0.280 e. The minimum atomic E-state index is -0.237. The second kappa shape index (κ2) is 6.78. The van der Waals surface area contributed by atoms with E-state index in [0.717, 1.165) is 12.8 Å². The highest BCUT2D eigenvalue weighted by molar-refractivity contribution is 6.04. The summed E-state index contributed by atoms with van der Waals surface area (Å²) in [5.41, 5.74) is 0.955. The van der Waals surface area contributed by atoms with Crippen LogP contribution >= 0.6 is 0 Å². The molecule has 1 saturated heterocycles. The Morgan fingerprint density at radius 1 is 1.35 bits per heavy atom. The fourth-order valence-corrected chi connectivity index (χ4v) is 2.50. The fraction of sp³-hybridized carbons (Fsp3) is 0.438. The van der Waals surface area contributed by atoms with E-state index >= 15 is 0 Å². The van der Waals surface area contributed by atoms with Crippen LogP contribution in [0.2, 0.25) is 0 Å². The molecule has 0 bridgehead atoms. The normalized spacial score (nSPS) is 15.4. The number of amides is 1. The fourth-order valence-electron chi connectivity index (χ4n) is 2.50. The van der Waals surface area contributed by atoms with Crippen molar-refractivity contribution in [1.29, 1.82) is 0 Å². The number of pyridine rings is 1. The van der Waals surface area contributed by atoms with Crippen LogP contribution in [0.15, 0.2) is 29.0 Å². The van der Waals surface area contributed by atoms with E-state index in [2.05, 4.69) is 9.97 Å². The van der Waals surface area contributed by atoms with Crippen LogP contribution in [0, 0.1) is 0 Å². The maximum atomic E-state index is 12.5.